The van der Waals surface area contributed by atoms with E-state index < -0.39 is 0 Å². The standard InChI is InChI=1S/C19H20ClN5OS/c20-15-6-8-21-17-16(7-13-26-18(15)17)22-23-19(27)25-11-9-24(10-12-25)14-4-2-1-3-5-14/h1-6,8H,7,9-13H2,(H,23,27)/b22-16-. The molecule has 0 bridgehead atoms. The molecule has 27 heavy (non-hydrogen) atoms. The van der Waals surface area contributed by atoms with Gasteiger partial charge in [-0.15, -0.1) is 0 Å². The summed E-state index contributed by atoms with van der Waals surface area (Å²) in [5.41, 5.74) is 5.76. The normalized spacial score (nSPS) is 18.0. The summed E-state index contributed by atoms with van der Waals surface area (Å²) in [7, 11) is 0. The number of benzene rings is 1. The number of thiocarbonyl (C=S) groups is 1. The summed E-state index contributed by atoms with van der Waals surface area (Å²) in [6, 6.07) is 12.2. The summed E-state index contributed by atoms with van der Waals surface area (Å²) in [6.45, 7) is 4.10. The third-order valence-corrected chi connectivity index (χ3v) is 5.34. The van der Waals surface area contributed by atoms with Crippen LogP contribution < -0.4 is 15.1 Å². The molecule has 3 heterocycles. The summed E-state index contributed by atoms with van der Waals surface area (Å²) in [5.74, 6) is 0.591. The SMILES string of the molecule is S=C(N/N=C1/CCOc2c(Cl)ccnc21)N1CCN(c2ccccc2)CC1. The highest BCUT2D eigenvalue weighted by atomic mass is 35.5. The zero-order chi connectivity index (χ0) is 18.6. The van der Waals surface area contributed by atoms with Crippen LogP contribution in [0.1, 0.15) is 12.1 Å². The lowest BCUT2D eigenvalue weighted by molar-refractivity contribution is 0.318. The number of hydrazone groups is 1. The van der Waals surface area contributed by atoms with Crippen molar-refractivity contribution in [3.63, 3.8) is 0 Å². The zero-order valence-corrected chi connectivity index (χ0v) is 16.3. The number of para-hydroxylation sites is 1. The van der Waals surface area contributed by atoms with Gasteiger partial charge in [-0.1, -0.05) is 29.8 Å². The van der Waals surface area contributed by atoms with Gasteiger partial charge in [-0.2, -0.15) is 5.10 Å². The van der Waals surface area contributed by atoms with E-state index in [0.717, 1.165) is 31.9 Å². The number of nitrogens with zero attached hydrogens (tertiary/aromatic N) is 4. The van der Waals surface area contributed by atoms with Crippen LogP contribution in [-0.4, -0.2) is 53.5 Å². The van der Waals surface area contributed by atoms with Crippen molar-refractivity contribution in [2.75, 3.05) is 37.7 Å². The van der Waals surface area contributed by atoms with E-state index in [1.807, 2.05) is 6.07 Å². The molecule has 0 amide bonds. The van der Waals surface area contributed by atoms with Crippen molar-refractivity contribution in [2.24, 2.45) is 5.10 Å². The van der Waals surface area contributed by atoms with Gasteiger partial charge >= 0.3 is 0 Å². The van der Waals surface area contributed by atoms with Crippen molar-refractivity contribution >= 4 is 40.3 Å². The highest BCUT2D eigenvalue weighted by Gasteiger charge is 2.22. The van der Waals surface area contributed by atoms with Crippen LogP contribution in [0.3, 0.4) is 0 Å². The maximum absolute atomic E-state index is 6.18. The van der Waals surface area contributed by atoms with E-state index in [-0.39, 0.29) is 0 Å². The Labute approximate surface area is 168 Å². The molecule has 2 aromatic rings. The van der Waals surface area contributed by atoms with Gasteiger partial charge < -0.3 is 14.5 Å². The number of aromatic nitrogens is 1. The molecule has 4 rings (SSSR count). The lowest BCUT2D eigenvalue weighted by Crippen LogP contribution is -2.51. The van der Waals surface area contributed by atoms with Gasteiger partial charge in [0.2, 0.25) is 0 Å². The Bertz CT molecular complexity index is 852. The second kappa shape index (κ2) is 8.10. The summed E-state index contributed by atoms with van der Waals surface area (Å²) >= 11 is 11.7. The van der Waals surface area contributed by atoms with Gasteiger partial charge in [0.1, 0.15) is 5.69 Å². The van der Waals surface area contributed by atoms with Gasteiger partial charge in [-0.3, -0.25) is 10.4 Å². The third-order valence-electron chi connectivity index (χ3n) is 4.69. The fraction of sp³-hybridized carbons (Fsp3) is 0.316. The second-order valence-electron chi connectivity index (χ2n) is 6.35. The fourth-order valence-electron chi connectivity index (χ4n) is 3.24. The molecule has 0 atom stereocenters. The fourth-order valence-corrected chi connectivity index (χ4v) is 3.67. The van der Waals surface area contributed by atoms with Gasteiger partial charge in [-0.25, -0.2) is 0 Å². The average Bonchev–Trinajstić information content (AvgIpc) is 2.73. The summed E-state index contributed by atoms with van der Waals surface area (Å²) in [4.78, 5) is 8.86. The molecule has 0 spiro atoms. The van der Waals surface area contributed by atoms with Crippen LogP contribution in [0.5, 0.6) is 5.75 Å². The van der Waals surface area contributed by atoms with E-state index in [0.29, 0.717) is 34.6 Å². The number of halogens is 1. The van der Waals surface area contributed by atoms with Crippen LogP contribution in [0.25, 0.3) is 0 Å². The molecule has 1 saturated heterocycles. The van der Waals surface area contributed by atoms with Gasteiger partial charge in [0.05, 0.1) is 17.3 Å². The first kappa shape index (κ1) is 18.0. The predicted octanol–water partition coefficient (Wildman–Crippen LogP) is 2.92. The largest absolute Gasteiger partial charge is 0.489 e. The Morgan fingerprint density at radius 1 is 1.15 bits per heavy atom. The molecule has 0 radical (unpaired) electrons. The van der Waals surface area contributed by atoms with Crippen LogP contribution in [0.15, 0.2) is 47.7 Å². The first-order chi connectivity index (χ1) is 13.2. The van der Waals surface area contributed by atoms with E-state index in [4.69, 9.17) is 28.6 Å². The van der Waals surface area contributed by atoms with Crippen molar-refractivity contribution in [1.82, 2.24) is 15.3 Å². The lowest BCUT2D eigenvalue weighted by atomic mass is 10.1. The number of hydrogen-bond donors (Lipinski definition) is 1. The van der Waals surface area contributed by atoms with Crippen molar-refractivity contribution in [1.29, 1.82) is 0 Å². The van der Waals surface area contributed by atoms with Crippen molar-refractivity contribution in [3.8, 4) is 5.75 Å². The Morgan fingerprint density at radius 2 is 1.93 bits per heavy atom. The van der Waals surface area contributed by atoms with E-state index in [1.54, 1.807) is 12.3 Å². The Kier molecular flexibility index (Phi) is 5.40. The van der Waals surface area contributed by atoms with Gasteiger partial charge in [0.15, 0.2) is 10.9 Å². The summed E-state index contributed by atoms with van der Waals surface area (Å²) in [6.07, 6.45) is 2.32. The molecule has 140 valence electrons. The molecule has 0 aliphatic carbocycles. The van der Waals surface area contributed by atoms with Crippen molar-refractivity contribution in [2.45, 2.75) is 6.42 Å². The quantitative estimate of drug-likeness (QED) is 0.616. The predicted molar refractivity (Wildman–Crippen MR) is 112 cm³/mol. The average molecular weight is 402 g/mol. The number of piperazine rings is 1. The van der Waals surface area contributed by atoms with E-state index in [2.05, 4.69) is 49.6 Å². The van der Waals surface area contributed by atoms with Crippen LogP contribution in [0, 0.1) is 0 Å². The van der Waals surface area contributed by atoms with E-state index in [9.17, 15) is 0 Å². The van der Waals surface area contributed by atoms with Gasteiger partial charge in [0, 0.05) is 44.5 Å². The van der Waals surface area contributed by atoms with Crippen LogP contribution in [0.4, 0.5) is 5.69 Å². The Balaban J connectivity index is 1.37. The maximum atomic E-state index is 6.18. The number of pyridine rings is 1. The molecule has 2 aliphatic rings. The number of hydrogen-bond acceptors (Lipinski definition) is 5. The highest BCUT2D eigenvalue weighted by Crippen LogP contribution is 2.30. The summed E-state index contributed by atoms with van der Waals surface area (Å²) < 4.78 is 5.61. The molecule has 1 aromatic carbocycles. The van der Waals surface area contributed by atoms with Gasteiger partial charge in [0.25, 0.3) is 0 Å². The topological polar surface area (TPSA) is 53.0 Å². The van der Waals surface area contributed by atoms with Crippen LogP contribution >= 0.6 is 23.8 Å². The monoisotopic (exact) mass is 401 g/mol. The third kappa shape index (κ3) is 3.99. The van der Waals surface area contributed by atoms with Gasteiger partial charge in [-0.05, 0) is 30.4 Å². The number of fused-ring (bicyclic) bond motifs is 1. The molecule has 6 nitrogen and oxygen atoms in total. The molecule has 0 saturated carbocycles. The maximum Gasteiger partial charge on any atom is 0.189 e. The Morgan fingerprint density at radius 3 is 2.70 bits per heavy atom. The smallest absolute Gasteiger partial charge is 0.189 e. The van der Waals surface area contributed by atoms with E-state index in [1.165, 1.54) is 5.69 Å². The number of anilines is 1. The minimum Gasteiger partial charge on any atom is -0.489 e. The summed E-state index contributed by atoms with van der Waals surface area (Å²) in [5, 5.41) is 5.67. The Hall–Kier alpha value is -2.38. The molecular formula is C19H20ClN5OS. The molecule has 1 N–H and O–H groups in total. The number of rotatable bonds is 2. The molecule has 2 aliphatic heterocycles. The highest BCUT2D eigenvalue weighted by molar-refractivity contribution is 7.80. The van der Waals surface area contributed by atoms with E-state index >= 15 is 0 Å². The van der Waals surface area contributed by atoms with Crippen LogP contribution in [0.2, 0.25) is 5.02 Å². The first-order valence-corrected chi connectivity index (χ1v) is 9.70. The van der Waals surface area contributed by atoms with Crippen molar-refractivity contribution < 1.29 is 4.74 Å². The first-order valence-electron chi connectivity index (χ1n) is 8.91. The zero-order valence-electron chi connectivity index (χ0n) is 14.8. The number of ether oxygens (including phenoxy) is 1. The molecular weight excluding hydrogens is 382 g/mol. The minimum atomic E-state index is 0.529. The van der Waals surface area contributed by atoms with Crippen molar-refractivity contribution in [3.05, 3.63) is 53.3 Å². The minimum absolute atomic E-state index is 0.529. The van der Waals surface area contributed by atoms with Crippen LogP contribution in [-0.2, 0) is 0 Å². The lowest BCUT2D eigenvalue weighted by Gasteiger charge is -2.37. The molecule has 1 fully saturated rings. The molecule has 0 unspecified atom stereocenters. The molecule has 8 heteroatoms. The number of nitrogens with one attached hydrogen (secondary N) is 1. The molecule has 1 aromatic heterocycles. The second-order valence-corrected chi connectivity index (χ2v) is 7.15.